The van der Waals surface area contributed by atoms with Crippen molar-refractivity contribution in [2.75, 3.05) is 13.1 Å². The standard InChI is InChI=1S/C14H20N2O2/c17-14(11-6-9-18-10-11)16-8-2-1-5-13(16)12-4-3-7-15-12/h6,9-10,12-13,15H,1-5,7-8H2. The van der Waals surface area contributed by atoms with Gasteiger partial charge in [0.15, 0.2) is 0 Å². The molecule has 1 aromatic rings. The first-order valence-corrected chi connectivity index (χ1v) is 6.93. The molecule has 2 saturated heterocycles. The van der Waals surface area contributed by atoms with E-state index in [0.717, 1.165) is 25.9 Å². The van der Waals surface area contributed by atoms with Crippen LogP contribution in [0.4, 0.5) is 0 Å². The van der Waals surface area contributed by atoms with Gasteiger partial charge in [-0.1, -0.05) is 0 Å². The Morgan fingerprint density at radius 1 is 1.33 bits per heavy atom. The van der Waals surface area contributed by atoms with Crippen LogP contribution in [0.5, 0.6) is 0 Å². The summed E-state index contributed by atoms with van der Waals surface area (Å²) < 4.78 is 5.02. The Labute approximate surface area is 107 Å². The Kier molecular flexibility index (Phi) is 3.37. The highest BCUT2D eigenvalue weighted by molar-refractivity contribution is 5.94. The summed E-state index contributed by atoms with van der Waals surface area (Å²) in [6.07, 6.45) is 9.02. The second-order valence-corrected chi connectivity index (χ2v) is 5.28. The van der Waals surface area contributed by atoms with Crippen molar-refractivity contribution in [2.45, 2.75) is 44.2 Å². The van der Waals surface area contributed by atoms with E-state index in [2.05, 4.69) is 10.2 Å². The second kappa shape index (κ2) is 5.14. The van der Waals surface area contributed by atoms with Crippen LogP contribution < -0.4 is 5.32 Å². The average molecular weight is 248 g/mol. The van der Waals surface area contributed by atoms with Crippen LogP contribution in [0.2, 0.25) is 0 Å². The lowest BCUT2D eigenvalue weighted by Crippen LogP contribution is -2.52. The van der Waals surface area contributed by atoms with Crippen molar-refractivity contribution in [3.8, 4) is 0 Å². The first-order valence-electron chi connectivity index (χ1n) is 6.93. The summed E-state index contributed by atoms with van der Waals surface area (Å²) in [6, 6.07) is 2.61. The minimum atomic E-state index is 0.127. The summed E-state index contributed by atoms with van der Waals surface area (Å²) in [7, 11) is 0. The zero-order valence-corrected chi connectivity index (χ0v) is 10.6. The second-order valence-electron chi connectivity index (χ2n) is 5.28. The zero-order valence-electron chi connectivity index (χ0n) is 10.6. The molecule has 4 heteroatoms. The number of nitrogens with zero attached hydrogens (tertiary/aromatic N) is 1. The van der Waals surface area contributed by atoms with E-state index in [0.29, 0.717) is 17.6 Å². The minimum Gasteiger partial charge on any atom is -0.472 e. The molecule has 98 valence electrons. The molecule has 2 unspecified atom stereocenters. The molecule has 2 atom stereocenters. The minimum absolute atomic E-state index is 0.127. The average Bonchev–Trinajstić information content (AvgIpc) is 3.11. The van der Waals surface area contributed by atoms with E-state index in [-0.39, 0.29) is 5.91 Å². The summed E-state index contributed by atoms with van der Waals surface area (Å²) in [4.78, 5) is 14.5. The van der Waals surface area contributed by atoms with Crippen molar-refractivity contribution >= 4 is 5.91 Å². The van der Waals surface area contributed by atoms with Crippen LogP contribution in [0.25, 0.3) is 0 Å². The van der Waals surface area contributed by atoms with Gasteiger partial charge in [0.05, 0.1) is 11.8 Å². The Bertz CT molecular complexity index is 396. The molecule has 4 nitrogen and oxygen atoms in total. The van der Waals surface area contributed by atoms with Crippen molar-refractivity contribution in [2.24, 2.45) is 0 Å². The van der Waals surface area contributed by atoms with Gasteiger partial charge in [0.2, 0.25) is 0 Å². The predicted octanol–water partition coefficient (Wildman–Crippen LogP) is 2.03. The topological polar surface area (TPSA) is 45.5 Å². The third kappa shape index (κ3) is 2.17. The molecule has 0 saturated carbocycles. The van der Waals surface area contributed by atoms with Crippen LogP contribution in [0.3, 0.4) is 0 Å². The van der Waals surface area contributed by atoms with Gasteiger partial charge in [-0.25, -0.2) is 0 Å². The van der Waals surface area contributed by atoms with Crippen LogP contribution in [-0.2, 0) is 0 Å². The lowest BCUT2D eigenvalue weighted by molar-refractivity contribution is 0.0563. The molecule has 0 spiro atoms. The molecule has 0 bridgehead atoms. The highest BCUT2D eigenvalue weighted by atomic mass is 16.3. The van der Waals surface area contributed by atoms with Crippen molar-refractivity contribution in [3.63, 3.8) is 0 Å². The molecule has 1 amide bonds. The number of furan rings is 1. The number of rotatable bonds is 2. The van der Waals surface area contributed by atoms with Crippen molar-refractivity contribution in [1.82, 2.24) is 10.2 Å². The lowest BCUT2D eigenvalue weighted by Gasteiger charge is -2.39. The van der Waals surface area contributed by atoms with E-state index in [1.807, 2.05) is 0 Å². The Morgan fingerprint density at radius 3 is 3.00 bits per heavy atom. The highest BCUT2D eigenvalue weighted by Crippen LogP contribution is 2.25. The van der Waals surface area contributed by atoms with Crippen molar-refractivity contribution < 1.29 is 9.21 Å². The molecule has 0 radical (unpaired) electrons. The van der Waals surface area contributed by atoms with Gasteiger partial charge in [-0.05, 0) is 44.7 Å². The predicted molar refractivity (Wildman–Crippen MR) is 68.4 cm³/mol. The van der Waals surface area contributed by atoms with E-state index >= 15 is 0 Å². The quantitative estimate of drug-likeness (QED) is 0.871. The maximum absolute atomic E-state index is 12.5. The third-order valence-corrected chi connectivity index (χ3v) is 4.14. The largest absolute Gasteiger partial charge is 0.472 e. The fourth-order valence-electron chi connectivity index (χ4n) is 3.22. The number of amides is 1. The Morgan fingerprint density at radius 2 is 2.28 bits per heavy atom. The third-order valence-electron chi connectivity index (χ3n) is 4.14. The fraction of sp³-hybridized carbons (Fsp3) is 0.643. The van der Waals surface area contributed by atoms with Gasteiger partial charge in [0.25, 0.3) is 5.91 Å². The molecule has 0 aliphatic carbocycles. The molecule has 2 aliphatic rings. The number of carbonyl (C=O) groups is 1. The molecule has 1 aromatic heterocycles. The van der Waals surface area contributed by atoms with Gasteiger partial charge in [0, 0.05) is 18.6 Å². The smallest absolute Gasteiger partial charge is 0.257 e. The summed E-state index contributed by atoms with van der Waals surface area (Å²) in [5.74, 6) is 0.127. The maximum atomic E-state index is 12.5. The van der Waals surface area contributed by atoms with Crippen LogP contribution in [0.1, 0.15) is 42.5 Å². The molecule has 0 aromatic carbocycles. The zero-order chi connectivity index (χ0) is 12.4. The molecule has 3 rings (SSSR count). The number of piperidine rings is 1. The molecule has 2 fully saturated rings. The van der Waals surface area contributed by atoms with E-state index in [4.69, 9.17) is 4.42 Å². The van der Waals surface area contributed by atoms with E-state index < -0.39 is 0 Å². The van der Waals surface area contributed by atoms with E-state index in [9.17, 15) is 4.79 Å². The van der Waals surface area contributed by atoms with Crippen molar-refractivity contribution in [1.29, 1.82) is 0 Å². The van der Waals surface area contributed by atoms with Gasteiger partial charge in [-0.2, -0.15) is 0 Å². The van der Waals surface area contributed by atoms with Crippen LogP contribution in [0, 0.1) is 0 Å². The van der Waals surface area contributed by atoms with Crippen LogP contribution in [-0.4, -0.2) is 36.0 Å². The summed E-state index contributed by atoms with van der Waals surface area (Å²) in [5.41, 5.74) is 0.680. The van der Waals surface area contributed by atoms with Gasteiger partial charge in [-0.3, -0.25) is 4.79 Å². The SMILES string of the molecule is O=C(c1ccoc1)N1CCCCC1C1CCCN1. The highest BCUT2D eigenvalue weighted by Gasteiger charge is 2.34. The van der Waals surface area contributed by atoms with E-state index in [1.165, 1.54) is 19.3 Å². The lowest BCUT2D eigenvalue weighted by atomic mass is 9.94. The molecule has 3 heterocycles. The first-order chi connectivity index (χ1) is 8.86. The maximum Gasteiger partial charge on any atom is 0.257 e. The van der Waals surface area contributed by atoms with Crippen LogP contribution in [0.15, 0.2) is 23.0 Å². The molecule has 1 N–H and O–H groups in total. The van der Waals surface area contributed by atoms with Gasteiger partial charge >= 0.3 is 0 Å². The van der Waals surface area contributed by atoms with Gasteiger partial charge in [0.1, 0.15) is 6.26 Å². The molecular weight excluding hydrogens is 228 g/mol. The molecular formula is C14H20N2O2. The monoisotopic (exact) mass is 248 g/mol. The fourth-order valence-corrected chi connectivity index (χ4v) is 3.22. The Hall–Kier alpha value is -1.29. The number of nitrogens with one attached hydrogen (secondary N) is 1. The molecule has 2 aliphatic heterocycles. The van der Waals surface area contributed by atoms with Crippen molar-refractivity contribution in [3.05, 3.63) is 24.2 Å². The Balaban J connectivity index is 1.76. The molecule has 18 heavy (non-hydrogen) atoms. The summed E-state index contributed by atoms with van der Waals surface area (Å²) >= 11 is 0. The van der Waals surface area contributed by atoms with Crippen LogP contribution >= 0.6 is 0 Å². The number of likely N-dealkylation sites (tertiary alicyclic amines) is 1. The normalized spacial score (nSPS) is 28.6. The first kappa shape index (κ1) is 11.8. The summed E-state index contributed by atoms with van der Waals surface area (Å²) in [5, 5.41) is 3.54. The number of hydrogen-bond acceptors (Lipinski definition) is 3. The van der Waals surface area contributed by atoms with E-state index in [1.54, 1.807) is 18.6 Å². The van der Waals surface area contributed by atoms with Gasteiger partial charge < -0.3 is 14.6 Å². The number of hydrogen-bond donors (Lipinski definition) is 1. The number of carbonyl (C=O) groups excluding carboxylic acids is 1. The summed E-state index contributed by atoms with van der Waals surface area (Å²) in [6.45, 7) is 1.97. The van der Waals surface area contributed by atoms with Gasteiger partial charge in [-0.15, -0.1) is 0 Å².